The fourth-order valence-corrected chi connectivity index (χ4v) is 2.50. The number of thiazole rings is 1. The van der Waals surface area contributed by atoms with Crippen molar-refractivity contribution in [1.82, 2.24) is 10.3 Å². The summed E-state index contributed by atoms with van der Waals surface area (Å²) >= 11 is 6.95. The molecule has 0 aliphatic rings. The van der Waals surface area contributed by atoms with E-state index in [4.69, 9.17) is 11.6 Å². The van der Waals surface area contributed by atoms with Gasteiger partial charge in [-0.15, -0.1) is 0 Å². The van der Waals surface area contributed by atoms with Gasteiger partial charge in [-0.05, 0) is 12.5 Å². The molecule has 17 heavy (non-hydrogen) atoms. The molecule has 88 valence electrons. The first-order valence-electron chi connectivity index (χ1n) is 5.12. The summed E-state index contributed by atoms with van der Waals surface area (Å²) < 4.78 is 0.396. The third-order valence-electron chi connectivity index (χ3n) is 2.27. The quantitative estimate of drug-likeness (QED) is 0.928. The first-order valence-corrected chi connectivity index (χ1v) is 6.31. The number of carbonyl (C=O) groups excluding carboxylic acids is 1. The number of nitrogens with zero attached hydrogens (tertiary/aromatic N) is 1. The Balaban J connectivity index is 2.01. The van der Waals surface area contributed by atoms with Gasteiger partial charge in [0.25, 0.3) is 5.91 Å². The summed E-state index contributed by atoms with van der Waals surface area (Å²) in [5.41, 5.74) is 1.74. The van der Waals surface area contributed by atoms with E-state index < -0.39 is 0 Å². The van der Waals surface area contributed by atoms with Crippen LogP contribution in [-0.2, 0) is 6.54 Å². The monoisotopic (exact) mass is 266 g/mol. The third kappa shape index (κ3) is 3.05. The van der Waals surface area contributed by atoms with E-state index in [2.05, 4.69) is 10.3 Å². The second-order valence-electron chi connectivity index (χ2n) is 3.55. The summed E-state index contributed by atoms with van der Waals surface area (Å²) in [4.78, 5) is 16.4. The smallest absolute Gasteiger partial charge is 0.263 e. The Morgan fingerprint density at radius 1 is 1.41 bits per heavy atom. The number of halogens is 1. The van der Waals surface area contributed by atoms with Gasteiger partial charge < -0.3 is 5.32 Å². The van der Waals surface area contributed by atoms with Gasteiger partial charge in [0, 0.05) is 6.54 Å². The number of benzene rings is 1. The van der Waals surface area contributed by atoms with E-state index in [0.29, 0.717) is 21.6 Å². The third-order valence-corrected chi connectivity index (χ3v) is 3.53. The van der Waals surface area contributed by atoms with E-state index in [1.165, 1.54) is 11.3 Å². The highest BCUT2D eigenvalue weighted by Gasteiger charge is 2.13. The van der Waals surface area contributed by atoms with E-state index in [-0.39, 0.29) is 5.91 Å². The summed E-state index contributed by atoms with van der Waals surface area (Å²) in [6, 6.07) is 9.75. The maximum absolute atomic E-state index is 11.9. The number of aromatic nitrogens is 1. The first-order chi connectivity index (χ1) is 8.16. The highest BCUT2D eigenvalue weighted by molar-refractivity contribution is 7.17. The number of hydrogen-bond acceptors (Lipinski definition) is 3. The van der Waals surface area contributed by atoms with Crippen LogP contribution in [0, 0.1) is 6.92 Å². The van der Waals surface area contributed by atoms with Crippen molar-refractivity contribution in [1.29, 1.82) is 0 Å². The Morgan fingerprint density at radius 3 is 2.71 bits per heavy atom. The lowest BCUT2D eigenvalue weighted by Gasteiger charge is -2.03. The molecule has 0 aliphatic heterocycles. The molecule has 0 bridgehead atoms. The highest BCUT2D eigenvalue weighted by atomic mass is 35.5. The predicted molar refractivity (Wildman–Crippen MR) is 69.5 cm³/mol. The fourth-order valence-electron chi connectivity index (χ4n) is 1.43. The highest BCUT2D eigenvalue weighted by Crippen LogP contribution is 2.21. The van der Waals surface area contributed by atoms with Gasteiger partial charge in [-0.1, -0.05) is 53.3 Å². The Bertz CT molecular complexity index is 525. The number of nitrogens with one attached hydrogen (secondary N) is 1. The molecule has 1 heterocycles. The van der Waals surface area contributed by atoms with Crippen LogP contribution < -0.4 is 5.32 Å². The summed E-state index contributed by atoms with van der Waals surface area (Å²) in [5, 5.41) is 2.84. The molecule has 0 radical (unpaired) electrons. The average Bonchev–Trinajstić information content (AvgIpc) is 2.67. The molecule has 0 unspecified atom stereocenters. The largest absolute Gasteiger partial charge is 0.347 e. The van der Waals surface area contributed by atoms with Crippen LogP contribution in [0.25, 0.3) is 0 Å². The molecule has 0 fully saturated rings. The average molecular weight is 267 g/mol. The van der Waals surface area contributed by atoms with E-state index in [9.17, 15) is 4.79 Å². The Morgan fingerprint density at radius 2 is 2.12 bits per heavy atom. The normalized spacial score (nSPS) is 10.2. The van der Waals surface area contributed by atoms with Crippen molar-refractivity contribution in [2.45, 2.75) is 13.5 Å². The number of rotatable bonds is 3. The van der Waals surface area contributed by atoms with Gasteiger partial charge in [0.2, 0.25) is 0 Å². The maximum atomic E-state index is 11.9. The van der Waals surface area contributed by atoms with E-state index in [1.54, 1.807) is 6.92 Å². The van der Waals surface area contributed by atoms with Gasteiger partial charge >= 0.3 is 0 Å². The van der Waals surface area contributed by atoms with Crippen LogP contribution >= 0.6 is 22.9 Å². The predicted octanol–water partition coefficient (Wildman–Crippen LogP) is 3.03. The summed E-state index contributed by atoms with van der Waals surface area (Å²) in [7, 11) is 0. The van der Waals surface area contributed by atoms with Gasteiger partial charge in [0.05, 0.1) is 5.69 Å². The molecular formula is C12H11ClN2OS. The first kappa shape index (κ1) is 12.1. The summed E-state index contributed by atoms with van der Waals surface area (Å²) in [5.74, 6) is -0.129. The van der Waals surface area contributed by atoms with Crippen molar-refractivity contribution in [2.75, 3.05) is 0 Å². The molecule has 0 atom stereocenters. The lowest BCUT2D eigenvalue weighted by molar-refractivity contribution is 0.0954. The van der Waals surface area contributed by atoms with Crippen LogP contribution in [0.2, 0.25) is 4.47 Å². The van der Waals surface area contributed by atoms with Crippen molar-refractivity contribution in [3.05, 3.63) is 50.9 Å². The van der Waals surface area contributed by atoms with Gasteiger partial charge in [0.1, 0.15) is 4.88 Å². The molecule has 1 amide bonds. The summed E-state index contributed by atoms with van der Waals surface area (Å²) in [6.07, 6.45) is 0. The minimum absolute atomic E-state index is 0.129. The second kappa shape index (κ2) is 5.29. The molecule has 1 N–H and O–H groups in total. The number of amides is 1. The molecule has 0 spiro atoms. The zero-order chi connectivity index (χ0) is 12.3. The Labute approximate surface area is 108 Å². The Kier molecular flexibility index (Phi) is 3.76. The maximum Gasteiger partial charge on any atom is 0.263 e. The molecule has 0 saturated heterocycles. The van der Waals surface area contributed by atoms with Crippen molar-refractivity contribution in [3.8, 4) is 0 Å². The number of aryl methyl sites for hydroxylation is 1. The van der Waals surface area contributed by atoms with Crippen molar-refractivity contribution in [3.63, 3.8) is 0 Å². The topological polar surface area (TPSA) is 42.0 Å². The van der Waals surface area contributed by atoms with Gasteiger partial charge in [-0.3, -0.25) is 4.79 Å². The van der Waals surface area contributed by atoms with Crippen LogP contribution in [0.5, 0.6) is 0 Å². The number of carbonyl (C=O) groups is 1. The van der Waals surface area contributed by atoms with Gasteiger partial charge in [-0.25, -0.2) is 4.98 Å². The van der Waals surface area contributed by atoms with Crippen molar-refractivity contribution < 1.29 is 4.79 Å². The molecule has 0 saturated carbocycles. The van der Waals surface area contributed by atoms with Crippen LogP contribution in [0.4, 0.5) is 0 Å². The minimum Gasteiger partial charge on any atom is -0.347 e. The lowest BCUT2D eigenvalue weighted by atomic mass is 10.2. The van der Waals surface area contributed by atoms with Gasteiger partial charge in [0.15, 0.2) is 4.47 Å². The van der Waals surface area contributed by atoms with Gasteiger partial charge in [-0.2, -0.15) is 0 Å². The molecule has 2 rings (SSSR count). The van der Waals surface area contributed by atoms with Crippen LogP contribution in [0.1, 0.15) is 20.9 Å². The number of hydrogen-bond donors (Lipinski definition) is 1. The SMILES string of the molecule is Cc1nc(Cl)sc1C(=O)NCc1ccccc1. The molecule has 5 heteroatoms. The molecule has 1 aromatic carbocycles. The van der Waals surface area contributed by atoms with E-state index in [1.807, 2.05) is 30.3 Å². The minimum atomic E-state index is -0.129. The molecule has 0 aliphatic carbocycles. The zero-order valence-electron chi connectivity index (χ0n) is 9.24. The fraction of sp³-hybridized carbons (Fsp3) is 0.167. The second-order valence-corrected chi connectivity index (χ2v) is 5.13. The van der Waals surface area contributed by atoms with Crippen LogP contribution in [-0.4, -0.2) is 10.9 Å². The molecule has 3 nitrogen and oxygen atoms in total. The zero-order valence-corrected chi connectivity index (χ0v) is 10.8. The van der Waals surface area contributed by atoms with Crippen LogP contribution in [0.15, 0.2) is 30.3 Å². The molecule has 2 aromatic rings. The van der Waals surface area contributed by atoms with Crippen LogP contribution in [0.3, 0.4) is 0 Å². The molecule has 1 aromatic heterocycles. The van der Waals surface area contributed by atoms with Crippen molar-refractivity contribution >= 4 is 28.8 Å². The standard InChI is InChI=1S/C12H11ClN2OS/c1-8-10(17-12(13)15-8)11(16)14-7-9-5-3-2-4-6-9/h2-6H,7H2,1H3,(H,14,16). The van der Waals surface area contributed by atoms with Crippen molar-refractivity contribution in [2.24, 2.45) is 0 Å². The van der Waals surface area contributed by atoms with E-state index in [0.717, 1.165) is 5.56 Å². The molecular weight excluding hydrogens is 256 g/mol. The van der Waals surface area contributed by atoms with E-state index >= 15 is 0 Å². The summed E-state index contributed by atoms with van der Waals surface area (Å²) in [6.45, 7) is 2.29. The Hall–Kier alpha value is -1.39. The lowest BCUT2D eigenvalue weighted by Crippen LogP contribution is -2.22.